The zero-order valence-electron chi connectivity index (χ0n) is 10.5. The van der Waals surface area contributed by atoms with E-state index in [1.54, 1.807) is 16.8 Å². The molecule has 0 fully saturated rings. The number of nitrogens with two attached hydrogens (primary N) is 1. The second kappa shape index (κ2) is 5.31. The van der Waals surface area contributed by atoms with Gasteiger partial charge in [-0.15, -0.1) is 0 Å². The Morgan fingerprint density at radius 1 is 1.44 bits per heavy atom. The monoisotopic (exact) mass is 265 g/mol. The van der Waals surface area contributed by atoms with Crippen molar-refractivity contribution in [2.75, 3.05) is 5.73 Å². The van der Waals surface area contributed by atoms with Crippen LogP contribution in [0.1, 0.15) is 19.0 Å². The van der Waals surface area contributed by atoms with Crippen LogP contribution in [0.2, 0.25) is 5.02 Å². The number of nitrogen functional groups attached to an aromatic ring is 1. The van der Waals surface area contributed by atoms with Crippen LogP contribution in [-0.4, -0.2) is 9.78 Å². The fourth-order valence-corrected chi connectivity index (χ4v) is 1.94. The highest BCUT2D eigenvalue weighted by Gasteiger charge is 2.14. The van der Waals surface area contributed by atoms with Gasteiger partial charge in [0.05, 0.1) is 5.69 Å². The first kappa shape index (κ1) is 12.8. The Kier molecular flexibility index (Phi) is 3.77. The van der Waals surface area contributed by atoms with Crippen molar-refractivity contribution in [3.05, 3.63) is 35.0 Å². The summed E-state index contributed by atoms with van der Waals surface area (Å²) >= 11 is 5.91. The minimum Gasteiger partial charge on any atom is -0.437 e. The van der Waals surface area contributed by atoms with E-state index in [0.717, 1.165) is 18.5 Å². The van der Waals surface area contributed by atoms with E-state index < -0.39 is 0 Å². The largest absolute Gasteiger partial charge is 0.437 e. The van der Waals surface area contributed by atoms with Gasteiger partial charge in [-0.2, -0.15) is 5.10 Å². The number of aryl methyl sites for hydroxylation is 2. The molecule has 96 valence electrons. The normalized spacial score (nSPS) is 10.6. The minimum atomic E-state index is 0.556. The predicted molar refractivity (Wildman–Crippen MR) is 73.1 cm³/mol. The van der Waals surface area contributed by atoms with E-state index in [2.05, 4.69) is 12.0 Å². The van der Waals surface area contributed by atoms with E-state index in [1.165, 1.54) is 0 Å². The van der Waals surface area contributed by atoms with Crippen molar-refractivity contribution in [1.29, 1.82) is 0 Å². The number of aromatic nitrogens is 2. The number of rotatable bonds is 4. The molecule has 2 N–H and O–H groups in total. The molecule has 0 amide bonds. The number of anilines is 1. The van der Waals surface area contributed by atoms with Crippen molar-refractivity contribution in [3.8, 4) is 11.6 Å². The first-order valence-electron chi connectivity index (χ1n) is 5.86. The molecule has 4 nitrogen and oxygen atoms in total. The summed E-state index contributed by atoms with van der Waals surface area (Å²) in [5.74, 6) is 1.21. The molecule has 0 unspecified atom stereocenters. The molecule has 2 rings (SSSR count). The molecule has 0 aliphatic rings. The molecule has 1 aromatic heterocycles. The first-order chi connectivity index (χ1) is 8.61. The molecule has 18 heavy (non-hydrogen) atoms. The van der Waals surface area contributed by atoms with Gasteiger partial charge >= 0.3 is 0 Å². The van der Waals surface area contributed by atoms with Crippen LogP contribution >= 0.6 is 11.6 Å². The molecule has 0 aliphatic carbocycles. The van der Waals surface area contributed by atoms with E-state index in [9.17, 15) is 0 Å². The van der Waals surface area contributed by atoms with Gasteiger partial charge in [-0.1, -0.05) is 31.0 Å². The van der Waals surface area contributed by atoms with E-state index in [-0.39, 0.29) is 0 Å². The smallest absolute Gasteiger partial charge is 0.241 e. The lowest BCUT2D eigenvalue weighted by atomic mass is 10.2. The highest BCUT2D eigenvalue weighted by atomic mass is 35.5. The Morgan fingerprint density at radius 3 is 2.89 bits per heavy atom. The average molecular weight is 266 g/mol. The molecule has 0 aliphatic heterocycles. The van der Waals surface area contributed by atoms with Crippen LogP contribution in [0.3, 0.4) is 0 Å². The quantitative estimate of drug-likeness (QED) is 0.922. The topological polar surface area (TPSA) is 53.1 Å². The van der Waals surface area contributed by atoms with E-state index >= 15 is 0 Å². The maximum atomic E-state index is 6.03. The second-order valence-electron chi connectivity index (χ2n) is 4.10. The second-order valence-corrected chi connectivity index (χ2v) is 4.54. The molecule has 0 spiro atoms. The number of hydrogen-bond donors (Lipinski definition) is 1. The van der Waals surface area contributed by atoms with Crippen LogP contribution in [0.5, 0.6) is 11.6 Å². The van der Waals surface area contributed by atoms with Gasteiger partial charge in [-0.25, -0.2) is 4.68 Å². The van der Waals surface area contributed by atoms with Crippen LogP contribution in [0.25, 0.3) is 0 Å². The standard InChI is InChI=1S/C13H16ClN3O/c1-3-5-11-12(15)13(17(2)16-11)18-10-7-4-6-9(14)8-10/h4,6-8H,3,5,15H2,1-2H3. The van der Waals surface area contributed by atoms with Gasteiger partial charge < -0.3 is 10.5 Å². The number of nitrogens with zero attached hydrogens (tertiary/aromatic N) is 2. The number of ether oxygens (including phenoxy) is 1. The molecule has 0 saturated carbocycles. The summed E-state index contributed by atoms with van der Waals surface area (Å²) in [7, 11) is 1.81. The fourth-order valence-electron chi connectivity index (χ4n) is 1.76. The summed E-state index contributed by atoms with van der Waals surface area (Å²) in [6, 6.07) is 7.20. The summed E-state index contributed by atoms with van der Waals surface area (Å²) in [6.45, 7) is 2.09. The zero-order valence-corrected chi connectivity index (χ0v) is 11.2. The van der Waals surface area contributed by atoms with Gasteiger partial charge in [0.1, 0.15) is 11.4 Å². The van der Waals surface area contributed by atoms with Crippen molar-refractivity contribution in [3.63, 3.8) is 0 Å². The van der Waals surface area contributed by atoms with Crippen molar-refractivity contribution in [1.82, 2.24) is 9.78 Å². The van der Waals surface area contributed by atoms with Crippen LogP contribution in [-0.2, 0) is 13.5 Å². The Labute approximate surface area is 111 Å². The third-order valence-electron chi connectivity index (χ3n) is 2.60. The van der Waals surface area contributed by atoms with Crippen molar-refractivity contribution in [2.24, 2.45) is 7.05 Å². The Hall–Kier alpha value is -1.68. The SMILES string of the molecule is CCCc1nn(C)c(Oc2cccc(Cl)c2)c1N. The third-order valence-corrected chi connectivity index (χ3v) is 2.84. The number of benzene rings is 1. The first-order valence-corrected chi connectivity index (χ1v) is 6.24. The summed E-state index contributed by atoms with van der Waals surface area (Å²) < 4.78 is 7.39. The van der Waals surface area contributed by atoms with Crippen LogP contribution in [0, 0.1) is 0 Å². The van der Waals surface area contributed by atoms with Crippen LogP contribution < -0.4 is 10.5 Å². The summed E-state index contributed by atoms with van der Waals surface area (Å²) in [4.78, 5) is 0. The van der Waals surface area contributed by atoms with Gasteiger partial charge in [-0.05, 0) is 24.6 Å². The Morgan fingerprint density at radius 2 is 2.22 bits per heavy atom. The summed E-state index contributed by atoms with van der Waals surface area (Å²) in [5.41, 5.74) is 7.50. The van der Waals surface area contributed by atoms with E-state index in [0.29, 0.717) is 22.3 Å². The molecule has 0 radical (unpaired) electrons. The minimum absolute atomic E-state index is 0.556. The molecule has 1 heterocycles. The molecule has 0 bridgehead atoms. The van der Waals surface area contributed by atoms with Crippen LogP contribution in [0.15, 0.2) is 24.3 Å². The van der Waals surface area contributed by atoms with Crippen LogP contribution in [0.4, 0.5) is 5.69 Å². The molecule has 1 aromatic carbocycles. The summed E-state index contributed by atoms with van der Waals surface area (Å²) in [5, 5.41) is 4.98. The van der Waals surface area contributed by atoms with Gasteiger partial charge in [-0.3, -0.25) is 0 Å². The van der Waals surface area contributed by atoms with E-state index in [1.807, 2.05) is 19.2 Å². The van der Waals surface area contributed by atoms with Gasteiger partial charge in [0.2, 0.25) is 5.88 Å². The lowest BCUT2D eigenvalue weighted by Gasteiger charge is -2.06. The van der Waals surface area contributed by atoms with Crippen molar-refractivity contribution in [2.45, 2.75) is 19.8 Å². The molecular weight excluding hydrogens is 250 g/mol. The fraction of sp³-hybridized carbons (Fsp3) is 0.308. The molecule has 2 aromatic rings. The highest BCUT2D eigenvalue weighted by Crippen LogP contribution is 2.31. The lowest BCUT2D eigenvalue weighted by molar-refractivity contribution is 0.432. The van der Waals surface area contributed by atoms with Gasteiger partial charge in [0, 0.05) is 12.1 Å². The molecule has 5 heteroatoms. The van der Waals surface area contributed by atoms with E-state index in [4.69, 9.17) is 22.1 Å². The highest BCUT2D eigenvalue weighted by molar-refractivity contribution is 6.30. The Balaban J connectivity index is 2.29. The maximum absolute atomic E-state index is 6.03. The predicted octanol–water partition coefficient (Wildman–Crippen LogP) is 3.40. The molecule has 0 saturated heterocycles. The Bertz CT molecular complexity index is 551. The molecular formula is C13H16ClN3O. The van der Waals surface area contributed by atoms with Crippen molar-refractivity contribution < 1.29 is 4.74 Å². The number of hydrogen-bond acceptors (Lipinski definition) is 3. The lowest BCUT2D eigenvalue weighted by Crippen LogP contribution is -1.96. The number of halogens is 1. The van der Waals surface area contributed by atoms with Gasteiger partial charge in [0.15, 0.2) is 0 Å². The van der Waals surface area contributed by atoms with Gasteiger partial charge in [0.25, 0.3) is 0 Å². The molecule has 0 atom stereocenters. The maximum Gasteiger partial charge on any atom is 0.241 e. The third kappa shape index (κ3) is 2.59. The zero-order chi connectivity index (χ0) is 13.1. The van der Waals surface area contributed by atoms with Crippen molar-refractivity contribution >= 4 is 17.3 Å². The average Bonchev–Trinajstić information content (AvgIpc) is 2.58. The summed E-state index contributed by atoms with van der Waals surface area (Å²) in [6.07, 6.45) is 1.84.